The molecule has 4 heteroatoms. The zero-order valence-corrected chi connectivity index (χ0v) is 8.73. The van der Waals surface area contributed by atoms with E-state index in [1.807, 2.05) is 24.3 Å². The Morgan fingerprint density at radius 1 is 0.867 bits per heavy atom. The van der Waals surface area contributed by atoms with Crippen molar-refractivity contribution in [2.24, 2.45) is 20.9 Å². The van der Waals surface area contributed by atoms with Gasteiger partial charge in [-0.15, -0.1) is 0 Å². The maximum absolute atomic E-state index is 5.37. The van der Waals surface area contributed by atoms with Crippen LogP contribution in [0.1, 0.15) is 0 Å². The molecule has 0 amide bonds. The first kappa shape index (κ1) is 9.58. The van der Waals surface area contributed by atoms with E-state index in [-0.39, 0.29) is 0 Å². The molecule has 0 aromatic heterocycles. The Kier molecular flexibility index (Phi) is 2.33. The summed E-state index contributed by atoms with van der Waals surface area (Å²) in [5.41, 5.74) is 0. The second-order valence-electron chi connectivity index (χ2n) is 3.17. The predicted molar refractivity (Wildman–Crippen MR) is 59.0 cm³/mol. The van der Waals surface area contributed by atoms with Gasteiger partial charge in [0.05, 0.1) is 10.7 Å². The van der Waals surface area contributed by atoms with Gasteiger partial charge in [-0.25, -0.2) is 0 Å². The number of nitrogens with zero attached hydrogens (tertiary/aromatic N) is 3. The highest BCUT2D eigenvalue weighted by molar-refractivity contribution is 5.82. The predicted octanol–water partition coefficient (Wildman–Crippen LogP) is -0.449. The van der Waals surface area contributed by atoms with Crippen molar-refractivity contribution in [2.45, 2.75) is 0 Å². The van der Waals surface area contributed by atoms with E-state index in [0.29, 0.717) is 5.36 Å². The molecule has 2 N–H and O–H groups in total. The molecule has 0 bridgehead atoms. The summed E-state index contributed by atoms with van der Waals surface area (Å²) in [4.78, 5) is 8.41. The van der Waals surface area contributed by atoms with Crippen LogP contribution in [0.4, 0.5) is 0 Å². The summed E-state index contributed by atoms with van der Waals surface area (Å²) in [7, 11) is 3.46. The fraction of sp³-hybridized carbons (Fsp3) is 0.182. The van der Waals surface area contributed by atoms with Crippen LogP contribution in [0, 0.1) is 0 Å². The average molecular weight is 200 g/mol. The molecular formula is C11H12N4. The van der Waals surface area contributed by atoms with Crippen LogP contribution >= 0.6 is 0 Å². The molecular weight excluding hydrogens is 188 g/mol. The molecule has 4 nitrogen and oxygen atoms in total. The lowest BCUT2D eigenvalue weighted by Crippen LogP contribution is -2.34. The second kappa shape index (κ2) is 3.65. The highest BCUT2D eigenvalue weighted by Gasteiger charge is 2.05. The van der Waals surface area contributed by atoms with Crippen molar-refractivity contribution in [3.05, 3.63) is 40.3 Å². The van der Waals surface area contributed by atoms with Crippen molar-refractivity contribution >= 4 is 10.8 Å². The zero-order chi connectivity index (χ0) is 10.8. The highest BCUT2D eigenvalue weighted by atomic mass is 15.1. The Morgan fingerprint density at radius 2 is 1.33 bits per heavy atom. The molecule has 2 aromatic carbocycles. The lowest BCUT2D eigenvalue weighted by Gasteiger charge is -1.85. The summed E-state index contributed by atoms with van der Waals surface area (Å²) >= 11 is 0. The fourth-order valence-corrected chi connectivity index (χ4v) is 1.84. The number of hydrogen-bond acceptors (Lipinski definition) is 4. The Morgan fingerprint density at radius 3 is 1.67 bits per heavy atom. The Balaban J connectivity index is 3.27. The smallest absolute Gasteiger partial charge is 0.134 e. The second-order valence-corrected chi connectivity index (χ2v) is 3.17. The monoisotopic (exact) mass is 200 g/mol. The molecule has 0 aliphatic rings. The van der Waals surface area contributed by atoms with Crippen molar-refractivity contribution < 1.29 is 0 Å². The van der Waals surface area contributed by atoms with Gasteiger partial charge >= 0.3 is 0 Å². The summed E-state index contributed by atoms with van der Waals surface area (Å²) < 4.78 is 0. The maximum Gasteiger partial charge on any atom is 0.134 e. The topological polar surface area (TPSA) is 63.1 Å². The minimum atomic E-state index is 0.668. The lowest BCUT2D eigenvalue weighted by atomic mass is 10.2. The van der Waals surface area contributed by atoms with Crippen LogP contribution in [-0.4, -0.2) is 14.1 Å². The van der Waals surface area contributed by atoms with Crippen LogP contribution in [-0.2, 0) is 0 Å². The van der Waals surface area contributed by atoms with E-state index in [2.05, 4.69) is 15.1 Å². The lowest BCUT2D eigenvalue weighted by molar-refractivity contribution is 1.07. The maximum atomic E-state index is 5.37. The van der Waals surface area contributed by atoms with Gasteiger partial charge in [0.15, 0.2) is 0 Å². The third kappa shape index (κ3) is 1.26. The first-order valence-corrected chi connectivity index (χ1v) is 4.65. The fourth-order valence-electron chi connectivity index (χ4n) is 1.84. The van der Waals surface area contributed by atoms with Crippen LogP contribution < -0.4 is 21.9 Å². The molecule has 0 saturated carbocycles. The number of fused-ring (bicyclic) bond motifs is 1. The van der Waals surface area contributed by atoms with Crippen molar-refractivity contribution in [1.82, 2.24) is 0 Å². The van der Waals surface area contributed by atoms with Crippen molar-refractivity contribution in [3.8, 4) is 0 Å². The van der Waals surface area contributed by atoms with Gasteiger partial charge in [-0.05, 0) is 0 Å². The number of rotatable bonds is 0. The summed E-state index contributed by atoms with van der Waals surface area (Å²) in [6.45, 7) is 0. The van der Waals surface area contributed by atoms with Crippen molar-refractivity contribution in [1.29, 1.82) is 0 Å². The number of nitrogens with two attached hydrogens (primary N) is 1. The average Bonchev–Trinajstić information content (AvgIpc) is 2.61. The minimum Gasteiger partial charge on any atom is -0.323 e. The van der Waals surface area contributed by atoms with E-state index >= 15 is 0 Å². The van der Waals surface area contributed by atoms with Crippen LogP contribution in [0.15, 0.2) is 39.4 Å². The Hall–Kier alpha value is -1.97. The number of benzene rings is 1. The van der Waals surface area contributed by atoms with Crippen molar-refractivity contribution in [3.63, 3.8) is 0 Å². The van der Waals surface area contributed by atoms with E-state index < -0.39 is 0 Å². The minimum absolute atomic E-state index is 0.668. The highest BCUT2D eigenvalue weighted by Crippen LogP contribution is 2.02. The third-order valence-electron chi connectivity index (χ3n) is 2.46. The summed E-state index contributed by atoms with van der Waals surface area (Å²) in [5.74, 6) is 5.37. The molecule has 2 aromatic rings. The van der Waals surface area contributed by atoms with Gasteiger partial charge in [-0.3, -0.25) is 9.98 Å². The molecule has 0 spiro atoms. The number of hydrogen-bond donors (Lipinski definition) is 1. The van der Waals surface area contributed by atoms with Crippen LogP contribution in [0.25, 0.3) is 10.8 Å². The van der Waals surface area contributed by atoms with Gasteiger partial charge in [0.2, 0.25) is 0 Å². The van der Waals surface area contributed by atoms with Gasteiger partial charge < -0.3 is 5.84 Å². The standard InChI is InChI=1S/C11H12N4/c1-13-9-7-5-3-4-6-8(7)10(14-2)11(9)15-12/h3-6H,12H2,1-2H3. The van der Waals surface area contributed by atoms with E-state index in [0.717, 1.165) is 21.5 Å². The molecule has 0 radical (unpaired) electrons. The van der Waals surface area contributed by atoms with Crippen LogP contribution in [0.2, 0.25) is 0 Å². The van der Waals surface area contributed by atoms with Crippen LogP contribution in [0.3, 0.4) is 0 Å². The Bertz CT molecular complexity index is 604. The van der Waals surface area contributed by atoms with E-state index in [4.69, 9.17) is 5.84 Å². The SMILES string of the molecule is CN=c1c(=NN)c(=NC)c2ccccc12. The van der Waals surface area contributed by atoms with E-state index in [9.17, 15) is 0 Å². The van der Waals surface area contributed by atoms with Gasteiger partial charge in [-0.1, -0.05) is 24.3 Å². The van der Waals surface area contributed by atoms with Gasteiger partial charge in [0, 0.05) is 24.9 Å². The third-order valence-corrected chi connectivity index (χ3v) is 2.46. The molecule has 0 aliphatic heterocycles. The molecule has 0 aliphatic carbocycles. The van der Waals surface area contributed by atoms with Gasteiger partial charge in [0.1, 0.15) is 5.36 Å². The summed E-state index contributed by atoms with van der Waals surface area (Å²) in [6, 6.07) is 7.94. The molecule has 76 valence electrons. The first-order valence-electron chi connectivity index (χ1n) is 4.65. The van der Waals surface area contributed by atoms with E-state index in [1.54, 1.807) is 14.1 Å². The van der Waals surface area contributed by atoms with Gasteiger partial charge in [0.25, 0.3) is 0 Å². The molecule has 0 unspecified atom stereocenters. The zero-order valence-electron chi connectivity index (χ0n) is 8.73. The summed E-state index contributed by atoms with van der Waals surface area (Å²) in [5, 5.41) is 8.15. The largest absolute Gasteiger partial charge is 0.323 e. The van der Waals surface area contributed by atoms with E-state index in [1.165, 1.54) is 0 Å². The Labute approximate surface area is 86.8 Å². The molecule has 15 heavy (non-hydrogen) atoms. The molecule has 2 rings (SSSR count). The molecule has 0 fully saturated rings. The summed E-state index contributed by atoms with van der Waals surface area (Å²) in [6.07, 6.45) is 0. The molecule has 0 atom stereocenters. The quantitative estimate of drug-likeness (QED) is 0.454. The normalized spacial score (nSPS) is 13.7. The first-order chi connectivity index (χ1) is 7.33. The molecule has 0 saturated heterocycles. The van der Waals surface area contributed by atoms with Crippen LogP contribution in [0.5, 0.6) is 0 Å². The van der Waals surface area contributed by atoms with Crippen molar-refractivity contribution in [2.75, 3.05) is 14.1 Å². The van der Waals surface area contributed by atoms with Gasteiger partial charge in [-0.2, -0.15) is 5.10 Å². The molecule has 0 heterocycles.